The van der Waals surface area contributed by atoms with Gasteiger partial charge in [0.2, 0.25) is 0 Å². The molecule has 2 aromatic carbocycles. The molecule has 0 aliphatic carbocycles. The molecule has 176 valence electrons. The zero-order valence-electron chi connectivity index (χ0n) is 18.1. The van der Waals surface area contributed by atoms with Crippen molar-refractivity contribution >= 4 is 30.8 Å². The molecular formula is C24H28Cl2N4O3. The summed E-state index contributed by atoms with van der Waals surface area (Å²) in [7, 11) is 0. The molecule has 2 heterocycles. The van der Waals surface area contributed by atoms with E-state index in [-0.39, 0.29) is 30.8 Å². The molecule has 1 atom stereocenters. The monoisotopic (exact) mass is 490 g/mol. The fourth-order valence-electron chi connectivity index (χ4n) is 3.28. The first kappa shape index (κ1) is 26.3. The van der Waals surface area contributed by atoms with Crippen molar-refractivity contribution in [2.75, 3.05) is 26.2 Å². The van der Waals surface area contributed by atoms with Crippen LogP contribution in [0.5, 0.6) is 11.5 Å². The van der Waals surface area contributed by atoms with Gasteiger partial charge < -0.3 is 19.7 Å². The summed E-state index contributed by atoms with van der Waals surface area (Å²) in [5.41, 5.74) is 1.92. The smallest absolute Gasteiger partial charge is 0.320 e. The van der Waals surface area contributed by atoms with Crippen molar-refractivity contribution in [3.8, 4) is 11.5 Å². The average molecular weight is 491 g/mol. The molecule has 33 heavy (non-hydrogen) atoms. The molecule has 0 bridgehead atoms. The molecule has 1 aliphatic heterocycles. The predicted octanol–water partition coefficient (Wildman–Crippen LogP) is 4.20. The van der Waals surface area contributed by atoms with E-state index in [1.807, 2.05) is 60.7 Å². The lowest BCUT2D eigenvalue weighted by molar-refractivity contribution is 0.139. The highest BCUT2D eigenvalue weighted by Gasteiger charge is 2.22. The van der Waals surface area contributed by atoms with Crippen molar-refractivity contribution in [3.05, 3.63) is 90.3 Å². The molecule has 1 aliphatic rings. The number of carbonyl (C=O) groups is 1. The predicted molar refractivity (Wildman–Crippen MR) is 132 cm³/mol. The summed E-state index contributed by atoms with van der Waals surface area (Å²) < 4.78 is 11.9. The van der Waals surface area contributed by atoms with Crippen LogP contribution in [0.1, 0.15) is 17.4 Å². The topological polar surface area (TPSA) is 75.7 Å². The van der Waals surface area contributed by atoms with Crippen molar-refractivity contribution in [1.82, 2.24) is 20.5 Å². The molecule has 0 saturated carbocycles. The maximum atomic E-state index is 12.8. The third-order valence-electron chi connectivity index (χ3n) is 4.98. The Bertz CT molecular complexity index is 956. The highest BCUT2D eigenvalue weighted by Crippen LogP contribution is 2.22. The van der Waals surface area contributed by atoms with Gasteiger partial charge in [-0.05, 0) is 42.0 Å². The van der Waals surface area contributed by atoms with Crippen LogP contribution in [0.3, 0.4) is 0 Å². The minimum Gasteiger partial charge on any atom is -0.489 e. The van der Waals surface area contributed by atoms with Crippen molar-refractivity contribution in [1.29, 1.82) is 0 Å². The summed E-state index contributed by atoms with van der Waals surface area (Å²) in [5.74, 6) is 1.33. The van der Waals surface area contributed by atoms with Gasteiger partial charge in [0.25, 0.3) is 0 Å². The molecule has 1 fully saturated rings. The highest BCUT2D eigenvalue weighted by molar-refractivity contribution is 5.85. The Morgan fingerprint density at radius 3 is 2.36 bits per heavy atom. The van der Waals surface area contributed by atoms with Crippen molar-refractivity contribution in [2.24, 2.45) is 0 Å². The van der Waals surface area contributed by atoms with Crippen LogP contribution in [-0.2, 0) is 6.61 Å². The zero-order chi connectivity index (χ0) is 21.3. The SMILES string of the molecule is Cl.Cl.O=C(NC(Oc1cccnc1)c1ccc(OCc2ccccc2)cc1)N1CCNCC1. The molecule has 3 aromatic rings. The Kier molecular flexibility index (Phi) is 10.8. The quantitative estimate of drug-likeness (QED) is 0.485. The standard InChI is InChI=1S/C24H26N4O3.2ClH/c29-24(28-15-13-25-14-16-28)27-23(31-22-7-4-12-26-17-22)20-8-10-21(11-9-20)30-18-19-5-2-1-3-6-19;;/h1-12,17,23,25H,13-16,18H2,(H,27,29);2*1H. The van der Waals surface area contributed by atoms with Gasteiger partial charge in [-0.15, -0.1) is 24.8 Å². The number of amides is 2. The first-order chi connectivity index (χ1) is 15.3. The van der Waals surface area contributed by atoms with E-state index >= 15 is 0 Å². The van der Waals surface area contributed by atoms with E-state index in [9.17, 15) is 4.79 Å². The number of rotatable bonds is 7. The van der Waals surface area contributed by atoms with E-state index in [0.717, 1.165) is 30.0 Å². The Morgan fingerprint density at radius 2 is 1.70 bits per heavy atom. The van der Waals surface area contributed by atoms with Crippen molar-refractivity contribution < 1.29 is 14.3 Å². The molecule has 4 rings (SSSR count). The van der Waals surface area contributed by atoms with Crippen LogP contribution in [-0.4, -0.2) is 42.1 Å². The first-order valence-electron chi connectivity index (χ1n) is 10.4. The number of nitrogens with zero attached hydrogens (tertiary/aromatic N) is 2. The summed E-state index contributed by atoms with van der Waals surface area (Å²) in [6, 6.07) is 21.0. The summed E-state index contributed by atoms with van der Waals surface area (Å²) in [6.45, 7) is 3.40. The van der Waals surface area contributed by atoms with Gasteiger partial charge in [-0.25, -0.2) is 4.79 Å². The number of nitrogens with one attached hydrogen (secondary N) is 2. The van der Waals surface area contributed by atoms with Gasteiger partial charge in [0.15, 0.2) is 6.23 Å². The number of pyridine rings is 1. The van der Waals surface area contributed by atoms with Gasteiger partial charge in [0.05, 0.1) is 6.20 Å². The molecule has 0 spiro atoms. The summed E-state index contributed by atoms with van der Waals surface area (Å²) in [5, 5.41) is 6.25. The normalized spacial score (nSPS) is 13.6. The Morgan fingerprint density at radius 1 is 0.970 bits per heavy atom. The van der Waals surface area contributed by atoms with Gasteiger partial charge in [0, 0.05) is 37.9 Å². The van der Waals surface area contributed by atoms with E-state index in [4.69, 9.17) is 9.47 Å². The minimum atomic E-state index is -0.644. The van der Waals surface area contributed by atoms with E-state index in [2.05, 4.69) is 15.6 Å². The molecule has 0 radical (unpaired) electrons. The summed E-state index contributed by atoms with van der Waals surface area (Å²) in [4.78, 5) is 18.6. The van der Waals surface area contributed by atoms with Crippen LogP contribution < -0.4 is 20.1 Å². The molecule has 7 nitrogen and oxygen atoms in total. The largest absolute Gasteiger partial charge is 0.489 e. The molecular weight excluding hydrogens is 463 g/mol. The van der Waals surface area contributed by atoms with Gasteiger partial charge in [0.1, 0.15) is 18.1 Å². The van der Waals surface area contributed by atoms with Gasteiger partial charge in [-0.3, -0.25) is 10.3 Å². The fourth-order valence-corrected chi connectivity index (χ4v) is 3.28. The molecule has 2 amide bonds. The number of hydrogen-bond donors (Lipinski definition) is 2. The lowest BCUT2D eigenvalue weighted by atomic mass is 10.2. The second-order valence-corrected chi connectivity index (χ2v) is 7.22. The highest BCUT2D eigenvalue weighted by atomic mass is 35.5. The van der Waals surface area contributed by atoms with Crippen LogP contribution in [0.2, 0.25) is 0 Å². The summed E-state index contributed by atoms with van der Waals surface area (Å²) in [6.07, 6.45) is 2.66. The number of hydrogen-bond acceptors (Lipinski definition) is 5. The van der Waals surface area contributed by atoms with Gasteiger partial charge >= 0.3 is 6.03 Å². The average Bonchev–Trinajstić information content (AvgIpc) is 2.84. The second-order valence-electron chi connectivity index (χ2n) is 7.22. The van der Waals surface area contributed by atoms with Crippen LogP contribution >= 0.6 is 24.8 Å². The number of ether oxygens (including phenoxy) is 2. The van der Waals surface area contributed by atoms with Crippen LogP contribution in [0.25, 0.3) is 0 Å². The number of carbonyl (C=O) groups excluding carboxylic acids is 1. The first-order valence-corrected chi connectivity index (χ1v) is 10.4. The van der Waals surface area contributed by atoms with Gasteiger partial charge in [-0.2, -0.15) is 0 Å². The van der Waals surface area contributed by atoms with E-state index < -0.39 is 6.23 Å². The molecule has 2 N–H and O–H groups in total. The molecule has 1 unspecified atom stereocenters. The lowest BCUT2D eigenvalue weighted by Crippen LogP contribution is -2.51. The van der Waals surface area contributed by atoms with E-state index in [0.29, 0.717) is 25.4 Å². The third kappa shape index (κ3) is 7.82. The van der Waals surface area contributed by atoms with E-state index in [1.54, 1.807) is 23.4 Å². The Labute approximate surface area is 206 Å². The van der Waals surface area contributed by atoms with Crippen LogP contribution in [0.4, 0.5) is 4.79 Å². The second kappa shape index (κ2) is 13.5. The van der Waals surface area contributed by atoms with Crippen molar-refractivity contribution in [3.63, 3.8) is 0 Å². The molecule has 1 saturated heterocycles. The molecule has 9 heteroatoms. The number of halogens is 2. The van der Waals surface area contributed by atoms with Crippen molar-refractivity contribution in [2.45, 2.75) is 12.8 Å². The van der Waals surface area contributed by atoms with Gasteiger partial charge in [-0.1, -0.05) is 30.3 Å². The van der Waals surface area contributed by atoms with Crippen LogP contribution in [0, 0.1) is 0 Å². The number of benzene rings is 2. The van der Waals surface area contributed by atoms with Crippen LogP contribution in [0.15, 0.2) is 79.1 Å². The minimum absolute atomic E-state index is 0. The number of piperazine rings is 1. The maximum Gasteiger partial charge on any atom is 0.320 e. The lowest BCUT2D eigenvalue weighted by Gasteiger charge is -2.30. The summed E-state index contributed by atoms with van der Waals surface area (Å²) >= 11 is 0. The molecule has 1 aromatic heterocycles. The maximum absolute atomic E-state index is 12.8. The third-order valence-corrected chi connectivity index (χ3v) is 4.98. The Balaban J connectivity index is 0.00000193. The number of urea groups is 1. The number of aromatic nitrogens is 1. The fraction of sp³-hybridized carbons (Fsp3) is 0.250. The Hall–Kier alpha value is -3.00. The zero-order valence-corrected chi connectivity index (χ0v) is 19.7. The van der Waals surface area contributed by atoms with E-state index in [1.165, 1.54) is 0 Å².